The molecule has 4 aromatic heterocycles. The predicted octanol–water partition coefficient (Wildman–Crippen LogP) is 15.6. The minimum atomic E-state index is -0.321. The van der Waals surface area contributed by atoms with Crippen molar-refractivity contribution in [3.05, 3.63) is 193 Å². The van der Waals surface area contributed by atoms with E-state index in [0.29, 0.717) is 0 Å². The van der Waals surface area contributed by atoms with Crippen LogP contribution in [-0.4, -0.2) is 9.13 Å². The zero-order chi connectivity index (χ0) is 40.5. The molecule has 0 aliphatic carbocycles. The van der Waals surface area contributed by atoms with Gasteiger partial charge in [0.15, 0.2) is 11.2 Å². The molecule has 0 N–H and O–H groups in total. The molecule has 0 unspecified atom stereocenters. The summed E-state index contributed by atoms with van der Waals surface area (Å²) in [5, 5.41) is 8.38. The van der Waals surface area contributed by atoms with Gasteiger partial charge in [-0.1, -0.05) is 109 Å². The van der Waals surface area contributed by atoms with Gasteiger partial charge in [-0.15, -0.1) is 0 Å². The van der Waals surface area contributed by atoms with Gasteiger partial charge in [-0.05, 0) is 90.3 Å². The van der Waals surface area contributed by atoms with E-state index in [9.17, 15) is 8.78 Å². The van der Waals surface area contributed by atoms with Crippen LogP contribution < -0.4 is 0 Å². The summed E-state index contributed by atoms with van der Waals surface area (Å²) < 4.78 is 48.0. The van der Waals surface area contributed by atoms with E-state index >= 15 is 0 Å². The van der Waals surface area contributed by atoms with Gasteiger partial charge in [0.05, 0.1) is 33.4 Å². The fourth-order valence-electron chi connectivity index (χ4n) is 10.00. The SMILES string of the molecule is Cc1c(-n2c3ccccc3c3ccc4c5ccccc5oc4c32)c(-c2ccc(F)cc2)cc(-c2ccc(F)cc2)c1-n1c2ccccc2c2ccc3c4ccccc4oc3c21. The van der Waals surface area contributed by atoms with E-state index < -0.39 is 0 Å². The Morgan fingerprint density at radius 2 is 0.754 bits per heavy atom. The average molecular weight is 791 g/mol. The first kappa shape index (κ1) is 34.0. The van der Waals surface area contributed by atoms with E-state index in [1.165, 1.54) is 24.3 Å². The second kappa shape index (κ2) is 12.5. The number of nitrogens with zero attached hydrogens (tertiary/aromatic N) is 2. The van der Waals surface area contributed by atoms with Crippen molar-refractivity contribution in [3.63, 3.8) is 0 Å². The number of halogens is 2. The number of para-hydroxylation sites is 4. The first-order valence-corrected chi connectivity index (χ1v) is 20.4. The van der Waals surface area contributed by atoms with E-state index in [0.717, 1.165) is 127 Å². The second-order valence-electron chi connectivity index (χ2n) is 15.9. The molecule has 6 heteroatoms. The van der Waals surface area contributed by atoms with Crippen LogP contribution in [0.25, 0.3) is 121 Å². The Labute approximate surface area is 346 Å². The van der Waals surface area contributed by atoms with Gasteiger partial charge in [0, 0.05) is 54.2 Å². The number of benzene rings is 9. The fraction of sp³-hybridized carbons (Fsp3) is 0.0182. The Hall–Kier alpha value is -7.96. The summed E-state index contributed by atoms with van der Waals surface area (Å²) in [6.45, 7) is 2.17. The molecule has 4 heterocycles. The van der Waals surface area contributed by atoms with Crippen LogP contribution in [-0.2, 0) is 0 Å². The number of fused-ring (bicyclic) bond motifs is 14. The van der Waals surface area contributed by atoms with Gasteiger partial charge in [0.1, 0.15) is 22.8 Å². The Balaban J connectivity index is 1.28. The summed E-state index contributed by atoms with van der Waals surface area (Å²) in [6, 6.07) is 57.5. The lowest BCUT2D eigenvalue weighted by atomic mass is 9.91. The molecule has 13 rings (SSSR count). The van der Waals surface area contributed by atoms with Gasteiger partial charge in [-0.2, -0.15) is 0 Å². The summed E-state index contributed by atoms with van der Waals surface area (Å²) in [5.41, 5.74) is 13.3. The minimum Gasteiger partial charge on any atom is -0.454 e. The predicted molar refractivity (Wildman–Crippen MR) is 245 cm³/mol. The van der Waals surface area contributed by atoms with Crippen LogP contribution in [0.2, 0.25) is 0 Å². The standard InChI is InChI=1S/C55H32F2N2O2/c1-31-50(58-46-14-6-2-10-36(46)40-26-28-42-38-12-4-8-16-48(38)60-54(42)52(40)58)44(32-18-22-34(56)23-19-32)30-45(33-20-24-35(57)25-21-33)51(31)59-47-15-7-3-11-37(47)41-27-29-43-39-13-5-9-17-49(39)61-55(43)53(41)59/h2-30H,1H3. The van der Waals surface area contributed by atoms with Crippen molar-refractivity contribution < 1.29 is 17.6 Å². The quantitative estimate of drug-likeness (QED) is 0.178. The van der Waals surface area contributed by atoms with E-state index in [1.54, 1.807) is 0 Å². The van der Waals surface area contributed by atoms with Crippen LogP contribution in [0.1, 0.15) is 5.56 Å². The van der Waals surface area contributed by atoms with Gasteiger partial charge in [0.25, 0.3) is 0 Å². The second-order valence-corrected chi connectivity index (χ2v) is 15.9. The lowest BCUT2D eigenvalue weighted by molar-refractivity contribution is 0.627. The van der Waals surface area contributed by atoms with Crippen LogP contribution in [0.5, 0.6) is 0 Å². The molecule has 0 spiro atoms. The van der Waals surface area contributed by atoms with Crippen LogP contribution in [0, 0.1) is 18.6 Å². The highest BCUT2D eigenvalue weighted by Crippen LogP contribution is 2.49. The number of hydrogen-bond donors (Lipinski definition) is 0. The largest absolute Gasteiger partial charge is 0.454 e. The number of furan rings is 2. The van der Waals surface area contributed by atoms with Crippen molar-refractivity contribution in [2.24, 2.45) is 0 Å². The van der Waals surface area contributed by atoms with Crippen LogP contribution in [0.15, 0.2) is 185 Å². The molecule has 0 aliphatic heterocycles. The maximum absolute atomic E-state index is 14.8. The summed E-state index contributed by atoms with van der Waals surface area (Å²) in [4.78, 5) is 0. The summed E-state index contributed by atoms with van der Waals surface area (Å²) >= 11 is 0. The minimum absolute atomic E-state index is 0.321. The zero-order valence-electron chi connectivity index (χ0n) is 32.7. The van der Waals surface area contributed by atoms with Crippen molar-refractivity contribution in [2.45, 2.75) is 6.92 Å². The Morgan fingerprint density at radius 3 is 1.20 bits per heavy atom. The molecule has 4 nitrogen and oxygen atoms in total. The van der Waals surface area contributed by atoms with E-state index in [2.05, 4.69) is 107 Å². The molecule has 0 saturated carbocycles. The van der Waals surface area contributed by atoms with Gasteiger partial charge < -0.3 is 18.0 Å². The van der Waals surface area contributed by atoms with E-state index in [1.807, 2.05) is 60.7 Å². The topological polar surface area (TPSA) is 36.1 Å². The molecule has 0 radical (unpaired) electrons. The number of hydrogen-bond acceptors (Lipinski definition) is 2. The monoisotopic (exact) mass is 790 g/mol. The molecule has 61 heavy (non-hydrogen) atoms. The summed E-state index contributed by atoms with van der Waals surface area (Å²) in [5.74, 6) is -0.642. The molecule has 0 bridgehead atoms. The highest BCUT2D eigenvalue weighted by atomic mass is 19.1. The Bertz CT molecular complexity index is 3700. The maximum atomic E-state index is 14.8. The molecule has 0 saturated heterocycles. The van der Waals surface area contributed by atoms with Crippen molar-refractivity contribution >= 4 is 87.5 Å². The van der Waals surface area contributed by atoms with Gasteiger partial charge in [-0.3, -0.25) is 0 Å². The highest BCUT2D eigenvalue weighted by molar-refractivity contribution is 6.23. The van der Waals surface area contributed by atoms with E-state index in [4.69, 9.17) is 8.83 Å². The highest BCUT2D eigenvalue weighted by Gasteiger charge is 2.28. The van der Waals surface area contributed by atoms with Crippen LogP contribution in [0.4, 0.5) is 8.78 Å². The van der Waals surface area contributed by atoms with Crippen molar-refractivity contribution in [1.82, 2.24) is 9.13 Å². The first-order chi connectivity index (χ1) is 30.0. The van der Waals surface area contributed by atoms with Crippen LogP contribution in [0.3, 0.4) is 0 Å². The molecule has 0 atom stereocenters. The van der Waals surface area contributed by atoms with Crippen molar-refractivity contribution in [3.8, 4) is 33.6 Å². The number of aromatic nitrogens is 2. The average Bonchev–Trinajstić information content (AvgIpc) is 4.05. The number of rotatable bonds is 4. The summed E-state index contributed by atoms with van der Waals surface area (Å²) in [7, 11) is 0. The van der Waals surface area contributed by atoms with Gasteiger partial charge >= 0.3 is 0 Å². The van der Waals surface area contributed by atoms with Crippen molar-refractivity contribution in [1.29, 1.82) is 0 Å². The van der Waals surface area contributed by atoms with E-state index in [-0.39, 0.29) is 11.6 Å². The van der Waals surface area contributed by atoms with Gasteiger partial charge in [-0.25, -0.2) is 8.78 Å². The van der Waals surface area contributed by atoms with Gasteiger partial charge in [0.2, 0.25) is 0 Å². The first-order valence-electron chi connectivity index (χ1n) is 20.4. The molecule has 13 aromatic rings. The Kier molecular flexibility index (Phi) is 6.97. The molecule has 0 aliphatic rings. The maximum Gasteiger partial charge on any atom is 0.160 e. The fourth-order valence-corrected chi connectivity index (χ4v) is 10.00. The lowest BCUT2D eigenvalue weighted by Gasteiger charge is -2.25. The lowest BCUT2D eigenvalue weighted by Crippen LogP contribution is -2.08. The zero-order valence-corrected chi connectivity index (χ0v) is 32.7. The third kappa shape index (κ3) is 4.73. The molecule has 9 aromatic carbocycles. The van der Waals surface area contributed by atoms with Crippen LogP contribution >= 0.6 is 0 Å². The normalized spacial score (nSPS) is 12.2. The Morgan fingerprint density at radius 1 is 0.377 bits per heavy atom. The summed E-state index contributed by atoms with van der Waals surface area (Å²) in [6.07, 6.45) is 0. The molecule has 288 valence electrons. The van der Waals surface area contributed by atoms with Crippen molar-refractivity contribution in [2.75, 3.05) is 0 Å². The molecule has 0 fully saturated rings. The molecule has 0 amide bonds. The molecular weight excluding hydrogens is 759 g/mol. The third-order valence-corrected chi connectivity index (χ3v) is 12.6. The smallest absolute Gasteiger partial charge is 0.160 e. The molecular formula is C55H32F2N2O2. The third-order valence-electron chi connectivity index (χ3n) is 12.6.